The molecule has 1 heterocycles. The Labute approximate surface area is 182 Å². The van der Waals surface area contributed by atoms with Crippen molar-refractivity contribution in [2.45, 2.75) is 97.3 Å². The van der Waals surface area contributed by atoms with Crippen molar-refractivity contribution < 1.29 is 4.39 Å². The largest absolute Gasteiger partial charge is 0.206 e. The quantitative estimate of drug-likeness (QED) is 0.351. The van der Waals surface area contributed by atoms with Gasteiger partial charge in [-0.25, -0.2) is 4.39 Å². The second-order valence-electron chi connectivity index (χ2n) is 9.25. The van der Waals surface area contributed by atoms with E-state index in [4.69, 9.17) is 0 Å². The first-order chi connectivity index (χ1) is 14.7. The first-order valence-corrected chi connectivity index (χ1v) is 12.3. The van der Waals surface area contributed by atoms with Gasteiger partial charge in [0.2, 0.25) is 0 Å². The normalized spacial score (nSPS) is 19.2. The Bertz CT molecular complexity index is 748. The average molecular weight is 411 g/mol. The molecule has 2 aromatic rings. The van der Waals surface area contributed by atoms with Gasteiger partial charge in [-0.15, -0.1) is 0 Å². The van der Waals surface area contributed by atoms with Crippen molar-refractivity contribution in [3.8, 4) is 11.3 Å². The molecule has 30 heavy (non-hydrogen) atoms. The van der Waals surface area contributed by atoms with Gasteiger partial charge < -0.3 is 0 Å². The highest BCUT2D eigenvalue weighted by Gasteiger charge is 2.20. The Morgan fingerprint density at radius 1 is 0.800 bits per heavy atom. The van der Waals surface area contributed by atoms with Crippen LogP contribution in [-0.2, 0) is 12.8 Å². The summed E-state index contributed by atoms with van der Waals surface area (Å²) in [6, 6.07) is 9.57. The lowest BCUT2D eigenvalue weighted by molar-refractivity contribution is 0.252. The van der Waals surface area contributed by atoms with Crippen LogP contribution in [0.15, 0.2) is 30.3 Å². The number of nitrogens with zero attached hydrogens (tertiary/aromatic N) is 2. The summed E-state index contributed by atoms with van der Waals surface area (Å²) in [5.74, 6) is 1.59. The zero-order chi connectivity index (χ0) is 21.2. The molecule has 1 aromatic heterocycles. The Hall–Kier alpha value is -1.77. The lowest BCUT2D eigenvalue weighted by Gasteiger charge is -2.28. The molecule has 164 valence electrons. The molecule has 0 spiro atoms. The van der Waals surface area contributed by atoms with Crippen LogP contribution in [0.3, 0.4) is 0 Å². The summed E-state index contributed by atoms with van der Waals surface area (Å²) in [5.41, 5.74) is 3.29. The van der Waals surface area contributed by atoms with Crippen molar-refractivity contribution >= 4 is 0 Å². The highest BCUT2D eigenvalue weighted by Crippen LogP contribution is 2.34. The van der Waals surface area contributed by atoms with Gasteiger partial charge in [0.25, 0.3) is 0 Å². The van der Waals surface area contributed by atoms with E-state index in [0.29, 0.717) is 11.3 Å². The predicted octanol–water partition coefficient (Wildman–Crippen LogP) is 7.94. The van der Waals surface area contributed by atoms with E-state index in [0.717, 1.165) is 42.4 Å². The molecule has 0 aliphatic heterocycles. The third-order valence-corrected chi connectivity index (χ3v) is 6.82. The summed E-state index contributed by atoms with van der Waals surface area (Å²) in [7, 11) is 0. The van der Waals surface area contributed by atoms with E-state index in [9.17, 15) is 4.39 Å². The molecule has 0 saturated heterocycles. The fourth-order valence-corrected chi connectivity index (χ4v) is 4.88. The van der Waals surface area contributed by atoms with Crippen molar-refractivity contribution in [2.24, 2.45) is 11.8 Å². The zero-order valence-corrected chi connectivity index (χ0v) is 19.0. The third-order valence-electron chi connectivity index (χ3n) is 6.82. The first kappa shape index (κ1) is 22.9. The molecule has 3 heteroatoms. The minimum Gasteiger partial charge on any atom is -0.206 e. The van der Waals surface area contributed by atoms with Crippen LogP contribution >= 0.6 is 0 Å². The van der Waals surface area contributed by atoms with E-state index >= 15 is 0 Å². The minimum absolute atomic E-state index is 0.177. The average Bonchev–Trinajstić information content (AvgIpc) is 2.77. The van der Waals surface area contributed by atoms with E-state index < -0.39 is 0 Å². The zero-order valence-electron chi connectivity index (χ0n) is 19.0. The highest BCUT2D eigenvalue weighted by molar-refractivity contribution is 5.59. The number of aryl methyl sites for hydroxylation is 2. The monoisotopic (exact) mass is 410 g/mol. The molecule has 1 fully saturated rings. The molecule has 0 atom stereocenters. The molecule has 0 N–H and O–H groups in total. The summed E-state index contributed by atoms with van der Waals surface area (Å²) in [5, 5.41) is 8.61. The lowest BCUT2D eigenvalue weighted by Crippen LogP contribution is -2.15. The van der Waals surface area contributed by atoms with Crippen molar-refractivity contribution in [3.63, 3.8) is 0 Å². The van der Waals surface area contributed by atoms with Crippen LogP contribution < -0.4 is 0 Å². The highest BCUT2D eigenvalue weighted by atomic mass is 19.1. The summed E-state index contributed by atoms with van der Waals surface area (Å²) >= 11 is 0. The summed E-state index contributed by atoms with van der Waals surface area (Å²) in [4.78, 5) is 0. The molecule has 0 amide bonds. The van der Waals surface area contributed by atoms with Crippen molar-refractivity contribution in [1.29, 1.82) is 0 Å². The van der Waals surface area contributed by atoms with Gasteiger partial charge in [-0.3, -0.25) is 0 Å². The third kappa shape index (κ3) is 6.89. The van der Waals surface area contributed by atoms with E-state index in [1.54, 1.807) is 6.07 Å². The number of unbranched alkanes of at least 4 members (excludes halogenated alkanes) is 3. The van der Waals surface area contributed by atoms with Crippen molar-refractivity contribution in [2.75, 3.05) is 0 Å². The van der Waals surface area contributed by atoms with Gasteiger partial charge in [-0.05, 0) is 67.3 Å². The van der Waals surface area contributed by atoms with Crippen LogP contribution in [0.25, 0.3) is 11.3 Å². The maximum Gasteiger partial charge on any atom is 0.132 e. The lowest BCUT2D eigenvalue weighted by atomic mass is 9.78. The van der Waals surface area contributed by atoms with Gasteiger partial charge in [-0.1, -0.05) is 77.7 Å². The fourth-order valence-electron chi connectivity index (χ4n) is 4.88. The van der Waals surface area contributed by atoms with Gasteiger partial charge in [0.1, 0.15) is 5.82 Å². The van der Waals surface area contributed by atoms with Gasteiger partial charge in [0.05, 0.1) is 11.4 Å². The number of rotatable bonds is 11. The molecule has 0 bridgehead atoms. The number of halogens is 1. The van der Waals surface area contributed by atoms with Gasteiger partial charge in [0.15, 0.2) is 0 Å². The molecule has 0 unspecified atom stereocenters. The Morgan fingerprint density at radius 2 is 1.57 bits per heavy atom. The summed E-state index contributed by atoms with van der Waals surface area (Å²) < 4.78 is 14.8. The second kappa shape index (κ2) is 12.2. The number of hydrogen-bond acceptors (Lipinski definition) is 2. The van der Waals surface area contributed by atoms with Crippen molar-refractivity contribution in [3.05, 3.63) is 47.4 Å². The topological polar surface area (TPSA) is 25.8 Å². The first-order valence-electron chi connectivity index (χ1n) is 12.3. The molecular weight excluding hydrogens is 371 g/mol. The van der Waals surface area contributed by atoms with Gasteiger partial charge in [-0.2, -0.15) is 10.2 Å². The Balaban J connectivity index is 1.50. The van der Waals surface area contributed by atoms with Crippen LogP contribution in [-0.4, -0.2) is 10.2 Å². The minimum atomic E-state index is -0.177. The molecule has 2 nitrogen and oxygen atoms in total. The van der Waals surface area contributed by atoms with E-state index in [2.05, 4.69) is 30.1 Å². The fraction of sp³-hybridized carbons (Fsp3) is 0.630. The number of hydrogen-bond donors (Lipinski definition) is 0. The smallest absolute Gasteiger partial charge is 0.132 e. The summed E-state index contributed by atoms with van der Waals surface area (Å²) in [6.07, 6.45) is 16.2. The van der Waals surface area contributed by atoms with Crippen LogP contribution in [0, 0.1) is 17.7 Å². The van der Waals surface area contributed by atoms with Gasteiger partial charge >= 0.3 is 0 Å². The molecule has 1 aliphatic rings. The maximum atomic E-state index is 14.8. The Morgan fingerprint density at radius 3 is 2.20 bits per heavy atom. The van der Waals surface area contributed by atoms with Crippen molar-refractivity contribution in [1.82, 2.24) is 10.2 Å². The van der Waals surface area contributed by atoms with Crippen LogP contribution in [0.2, 0.25) is 0 Å². The number of aromatic nitrogens is 2. The van der Waals surface area contributed by atoms with Crippen LogP contribution in [0.1, 0.15) is 95.7 Å². The Kier molecular flexibility index (Phi) is 9.29. The van der Waals surface area contributed by atoms with Gasteiger partial charge in [0, 0.05) is 5.56 Å². The maximum absolute atomic E-state index is 14.8. The van der Waals surface area contributed by atoms with E-state index in [-0.39, 0.29) is 5.82 Å². The molecule has 1 aromatic carbocycles. The van der Waals surface area contributed by atoms with E-state index in [1.165, 1.54) is 64.2 Å². The molecule has 1 saturated carbocycles. The standard InChI is InChI=1S/C27H39FN2/c1-3-5-6-7-9-24-17-19-27(30-29-24)25-18-16-23(20-26(25)28)15-14-22-12-10-21(8-4-2)11-13-22/h16-22H,3-15H2,1-2H3. The molecule has 0 radical (unpaired) electrons. The predicted molar refractivity (Wildman–Crippen MR) is 124 cm³/mol. The van der Waals surface area contributed by atoms with Crippen LogP contribution in [0.5, 0.6) is 0 Å². The van der Waals surface area contributed by atoms with E-state index in [1.807, 2.05) is 18.2 Å². The molecule has 1 aliphatic carbocycles. The van der Waals surface area contributed by atoms with Crippen LogP contribution in [0.4, 0.5) is 4.39 Å². The number of benzene rings is 1. The SMILES string of the molecule is CCCCCCc1ccc(-c2ccc(CCC3CCC(CCC)CC3)cc2F)nn1. The molecular formula is C27H39FN2. The summed E-state index contributed by atoms with van der Waals surface area (Å²) in [6.45, 7) is 4.51. The second-order valence-corrected chi connectivity index (χ2v) is 9.25. The molecule has 3 rings (SSSR count).